The highest BCUT2D eigenvalue weighted by atomic mass is 32.2. The number of hydrogen-bond donors (Lipinski definition) is 1. The normalized spacial score (nSPS) is 29.6. The van der Waals surface area contributed by atoms with Gasteiger partial charge in [-0.05, 0) is 17.7 Å². The molecule has 1 fully saturated rings. The molecule has 0 bridgehead atoms. The summed E-state index contributed by atoms with van der Waals surface area (Å²) in [5, 5.41) is 17.8. The van der Waals surface area contributed by atoms with E-state index in [0.29, 0.717) is 5.75 Å². The first-order valence-corrected chi connectivity index (χ1v) is 7.71. The van der Waals surface area contributed by atoms with Crippen molar-refractivity contribution in [3.05, 3.63) is 29.8 Å². The SMILES string of the molecule is COc1ccc([C@@H]2[C@@H](S(C)(=O)=O)[C@]2(C#N)CO)cc1. The monoisotopic (exact) mass is 281 g/mol. The Morgan fingerprint density at radius 2 is 2.00 bits per heavy atom. The first-order valence-electron chi connectivity index (χ1n) is 5.75. The van der Waals surface area contributed by atoms with Crippen LogP contribution in [0.1, 0.15) is 11.5 Å². The van der Waals surface area contributed by atoms with Crippen LogP contribution < -0.4 is 4.74 Å². The second-order valence-corrected chi connectivity index (χ2v) is 6.98. The second-order valence-electron chi connectivity index (χ2n) is 4.81. The molecule has 0 heterocycles. The van der Waals surface area contributed by atoms with E-state index in [-0.39, 0.29) is 0 Å². The van der Waals surface area contributed by atoms with E-state index in [2.05, 4.69) is 0 Å². The van der Waals surface area contributed by atoms with Crippen LogP contribution in [0, 0.1) is 16.7 Å². The van der Waals surface area contributed by atoms with Crippen LogP contribution in [0.3, 0.4) is 0 Å². The lowest BCUT2D eigenvalue weighted by atomic mass is 10.0. The van der Waals surface area contributed by atoms with Gasteiger partial charge in [0, 0.05) is 12.2 Å². The molecule has 1 N–H and O–H groups in total. The Balaban J connectivity index is 2.41. The quantitative estimate of drug-likeness (QED) is 0.878. The number of nitrogens with zero attached hydrogens (tertiary/aromatic N) is 1. The molecule has 5 nitrogen and oxygen atoms in total. The molecule has 3 atom stereocenters. The Morgan fingerprint density at radius 1 is 1.42 bits per heavy atom. The molecular weight excluding hydrogens is 266 g/mol. The predicted molar refractivity (Wildman–Crippen MR) is 69.5 cm³/mol. The Hall–Kier alpha value is -1.58. The van der Waals surface area contributed by atoms with E-state index in [1.54, 1.807) is 31.4 Å². The van der Waals surface area contributed by atoms with Gasteiger partial charge in [0.05, 0.1) is 25.0 Å². The average molecular weight is 281 g/mol. The zero-order valence-corrected chi connectivity index (χ0v) is 11.5. The summed E-state index contributed by atoms with van der Waals surface area (Å²) in [7, 11) is -1.85. The van der Waals surface area contributed by atoms with Crippen LogP contribution >= 0.6 is 0 Å². The van der Waals surface area contributed by atoms with Crippen LogP contribution in [0.25, 0.3) is 0 Å². The highest BCUT2D eigenvalue weighted by molar-refractivity contribution is 7.91. The Bertz CT molecular complexity index is 617. The van der Waals surface area contributed by atoms with Gasteiger partial charge >= 0.3 is 0 Å². The van der Waals surface area contributed by atoms with Crippen molar-refractivity contribution < 1.29 is 18.3 Å². The molecule has 0 aliphatic heterocycles. The zero-order valence-electron chi connectivity index (χ0n) is 10.7. The van der Waals surface area contributed by atoms with E-state index in [4.69, 9.17) is 4.74 Å². The topological polar surface area (TPSA) is 87.4 Å². The number of methoxy groups -OCH3 is 1. The summed E-state index contributed by atoms with van der Waals surface area (Å²) in [6.45, 7) is -0.460. The Kier molecular flexibility index (Phi) is 3.29. The Labute approximate surface area is 112 Å². The summed E-state index contributed by atoms with van der Waals surface area (Å²) in [4.78, 5) is 0. The molecule has 2 rings (SSSR count). The summed E-state index contributed by atoms with van der Waals surface area (Å²) in [5.74, 6) is 0.176. The van der Waals surface area contributed by atoms with E-state index in [0.717, 1.165) is 11.8 Å². The van der Waals surface area contributed by atoms with E-state index >= 15 is 0 Å². The largest absolute Gasteiger partial charge is 0.497 e. The zero-order chi connectivity index (χ0) is 14.3. The number of rotatable bonds is 4. The maximum atomic E-state index is 11.7. The number of aliphatic hydroxyl groups excluding tert-OH is 1. The van der Waals surface area contributed by atoms with Gasteiger partial charge in [-0.3, -0.25) is 0 Å². The molecule has 1 aromatic rings. The lowest BCUT2D eigenvalue weighted by molar-refractivity contribution is 0.242. The first kappa shape index (κ1) is 13.8. The Morgan fingerprint density at radius 3 is 2.32 bits per heavy atom. The van der Waals surface area contributed by atoms with E-state index in [9.17, 15) is 18.8 Å². The molecule has 1 aliphatic carbocycles. The number of nitriles is 1. The minimum Gasteiger partial charge on any atom is -0.497 e. The second kappa shape index (κ2) is 4.51. The van der Waals surface area contributed by atoms with Crippen molar-refractivity contribution in [1.82, 2.24) is 0 Å². The van der Waals surface area contributed by atoms with Crippen molar-refractivity contribution in [3.8, 4) is 11.8 Å². The molecule has 102 valence electrons. The highest BCUT2D eigenvalue weighted by Gasteiger charge is 2.70. The van der Waals surface area contributed by atoms with Gasteiger partial charge in [-0.25, -0.2) is 8.42 Å². The van der Waals surface area contributed by atoms with Crippen LogP contribution in [-0.4, -0.2) is 38.7 Å². The van der Waals surface area contributed by atoms with Crippen molar-refractivity contribution in [3.63, 3.8) is 0 Å². The summed E-state index contributed by atoms with van der Waals surface area (Å²) < 4.78 is 28.5. The average Bonchev–Trinajstić information content (AvgIpc) is 3.09. The number of hydrogen-bond acceptors (Lipinski definition) is 5. The van der Waals surface area contributed by atoms with Gasteiger partial charge in [0.1, 0.15) is 11.2 Å². The third kappa shape index (κ3) is 2.09. The maximum absolute atomic E-state index is 11.7. The molecule has 1 saturated carbocycles. The minimum absolute atomic E-state index is 0.460. The number of sulfone groups is 1. The number of benzene rings is 1. The van der Waals surface area contributed by atoms with Crippen molar-refractivity contribution in [2.24, 2.45) is 5.41 Å². The van der Waals surface area contributed by atoms with Crippen molar-refractivity contribution in [2.45, 2.75) is 11.2 Å². The summed E-state index contributed by atoms with van der Waals surface area (Å²) >= 11 is 0. The van der Waals surface area contributed by atoms with E-state index < -0.39 is 33.0 Å². The molecule has 19 heavy (non-hydrogen) atoms. The van der Waals surface area contributed by atoms with Crippen LogP contribution in [0.4, 0.5) is 0 Å². The molecule has 1 aliphatic rings. The van der Waals surface area contributed by atoms with Gasteiger partial charge < -0.3 is 9.84 Å². The molecule has 0 aromatic heterocycles. The fourth-order valence-corrected chi connectivity index (χ4v) is 4.53. The van der Waals surface area contributed by atoms with Gasteiger partial charge in [-0.2, -0.15) is 5.26 Å². The van der Waals surface area contributed by atoms with Crippen LogP contribution in [0.2, 0.25) is 0 Å². The van der Waals surface area contributed by atoms with E-state index in [1.807, 2.05) is 6.07 Å². The molecule has 0 amide bonds. The highest BCUT2D eigenvalue weighted by Crippen LogP contribution is 2.62. The standard InChI is InChI=1S/C13H15NO4S/c1-18-10-5-3-9(4-6-10)11-12(19(2,16)17)13(11,7-14)8-15/h3-6,11-12,15H,8H2,1-2H3/t11-,12-,13-/m1/s1. The number of ether oxygens (including phenoxy) is 1. The van der Waals surface area contributed by atoms with Crippen LogP contribution in [0.5, 0.6) is 5.75 Å². The first-order chi connectivity index (χ1) is 8.90. The lowest BCUT2D eigenvalue weighted by Crippen LogP contribution is -2.16. The molecule has 1 aromatic carbocycles. The summed E-state index contributed by atoms with van der Waals surface area (Å²) in [6, 6.07) is 8.87. The van der Waals surface area contributed by atoms with Crippen LogP contribution in [0.15, 0.2) is 24.3 Å². The molecule has 0 saturated heterocycles. The van der Waals surface area contributed by atoms with Gasteiger partial charge in [0.15, 0.2) is 9.84 Å². The maximum Gasteiger partial charge on any atom is 0.152 e. The van der Waals surface area contributed by atoms with Crippen molar-refractivity contribution >= 4 is 9.84 Å². The molecule has 6 heteroatoms. The summed E-state index contributed by atoms with van der Waals surface area (Å²) in [5.41, 5.74) is -0.492. The van der Waals surface area contributed by atoms with Gasteiger partial charge in [0.25, 0.3) is 0 Å². The van der Waals surface area contributed by atoms with Crippen molar-refractivity contribution in [1.29, 1.82) is 5.26 Å². The molecular formula is C13H15NO4S. The third-order valence-electron chi connectivity index (χ3n) is 3.66. The van der Waals surface area contributed by atoms with Gasteiger partial charge in [-0.15, -0.1) is 0 Å². The van der Waals surface area contributed by atoms with Crippen molar-refractivity contribution in [2.75, 3.05) is 20.0 Å². The summed E-state index contributed by atoms with van der Waals surface area (Å²) in [6.07, 6.45) is 1.10. The van der Waals surface area contributed by atoms with Gasteiger partial charge in [-0.1, -0.05) is 12.1 Å². The third-order valence-corrected chi connectivity index (χ3v) is 5.28. The number of aliphatic hydroxyl groups is 1. The minimum atomic E-state index is -3.39. The molecule has 0 spiro atoms. The predicted octanol–water partition coefficient (Wildman–Crippen LogP) is 0.708. The molecule has 0 unspecified atom stereocenters. The van der Waals surface area contributed by atoms with Crippen LogP contribution in [-0.2, 0) is 9.84 Å². The fraction of sp³-hybridized carbons (Fsp3) is 0.462. The lowest BCUT2D eigenvalue weighted by Gasteiger charge is -2.04. The fourth-order valence-electron chi connectivity index (χ4n) is 2.67. The van der Waals surface area contributed by atoms with E-state index in [1.165, 1.54) is 0 Å². The van der Waals surface area contributed by atoms with Gasteiger partial charge in [0.2, 0.25) is 0 Å². The smallest absolute Gasteiger partial charge is 0.152 e. The molecule has 0 radical (unpaired) electrons.